The maximum atomic E-state index is 12.3. The molecule has 0 bridgehead atoms. The van der Waals surface area contributed by atoms with Gasteiger partial charge in [-0.25, -0.2) is 0 Å². The highest BCUT2D eigenvalue weighted by molar-refractivity contribution is 5.76. The van der Waals surface area contributed by atoms with Crippen LogP contribution in [-0.2, 0) is 17.9 Å². The molecule has 2 aromatic rings. The highest BCUT2D eigenvalue weighted by Crippen LogP contribution is 2.27. The van der Waals surface area contributed by atoms with Gasteiger partial charge in [0.15, 0.2) is 18.0 Å². The van der Waals surface area contributed by atoms with Gasteiger partial charge in [-0.15, -0.1) is 0 Å². The van der Waals surface area contributed by atoms with Gasteiger partial charge in [-0.05, 0) is 17.7 Å². The summed E-state index contributed by atoms with van der Waals surface area (Å²) in [5.41, 5.74) is 2.38. The van der Waals surface area contributed by atoms with Gasteiger partial charge in [0, 0.05) is 12.1 Å². The summed E-state index contributed by atoms with van der Waals surface area (Å²) in [6, 6.07) is 16.3. The number of nitrogens with one attached hydrogen (secondary N) is 3. The minimum Gasteiger partial charge on any atom is -0.493 e. The van der Waals surface area contributed by atoms with E-state index >= 15 is 0 Å². The zero-order valence-electron chi connectivity index (χ0n) is 16.8. The number of hydrogen-bond acceptors (Lipinski definition) is 3. The second-order valence-electron chi connectivity index (χ2n) is 7.31. The molecule has 0 spiro atoms. The Labute approximate surface area is 167 Å². The lowest BCUT2D eigenvalue weighted by Crippen LogP contribution is -3.28. The number of rotatable bonds is 8. The molecule has 1 aliphatic heterocycles. The molecule has 1 saturated heterocycles. The Balaban J connectivity index is 1.40. The Morgan fingerprint density at radius 3 is 2.25 bits per heavy atom. The van der Waals surface area contributed by atoms with Crippen molar-refractivity contribution in [3.8, 4) is 11.5 Å². The number of benzene rings is 2. The van der Waals surface area contributed by atoms with E-state index in [0.717, 1.165) is 38.3 Å². The first-order valence-electron chi connectivity index (χ1n) is 9.86. The average molecular weight is 386 g/mol. The van der Waals surface area contributed by atoms with E-state index in [1.807, 2.05) is 18.2 Å². The van der Waals surface area contributed by atoms with Gasteiger partial charge < -0.3 is 24.6 Å². The second-order valence-corrected chi connectivity index (χ2v) is 7.31. The normalized spacial score (nSPS) is 19.1. The van der Waals surface area contributed by atoms with Crippen LogP contribution >= 0.6 is 0 Å². The number of piperazine rings is 1. The molecular formula is C22H31N3O3+2. The van der Waals surface area contributed by atoms with Gasteiger partial charge in [-0.1, -0.05) is 36.4 Å². The minimum absolute atomic E-state index is 0.0938. The standard InChI is InChI=1S/C22H29N3O3/c1-27-20-9-8-19(14-21(20)28-2)15-23-22(26)17-25-12-10-24(11-13-25)16-18-6-4-3-5-7-18/h3-9,14H,10-13,15-17H2,1-2H3,(H,23,26)/p+2. The van der Waals surface area contributed by atoms with E-state index < -0.39 is 0 Å². The molecule has 1 aliphatic rings. The molecule has 0 radical (unpaired) electrons. The van der Waals surface area contributed by atoms with E-state index in [4.69, 9.17) is 9.47 Å². The van der Waals surface area contributed by atoms with E-state index in [1.165, 1.54) is 10.5 Å². The Morgan fingerprint density at radius 2 is 1.57 bits per heavy atom. The number of ether oxygens (including phenoxy) is 2. The third-order valence-electron chi connectivity index (χ3n) is 5.31. The largest absolute Gasteiger partial charge is 0.493 e. The lowest BCUT2D eigenvalue weighted by molar-refractivity contribution is -1.02. The average Bonchev–Trinajstić information content (AvgIpc) is 2.74. The summed E-state index contributed by atoms with van der Waals surface area (Å²) in [5, 5.41) is 3.02. The monoisotopic (exact) mass is 385 g/mol. The zero-order valence-corrected chi connectivity index (χ0v) is 16.8. The molecule has 6 heteroatoms. The molecular weight excluding hydrogens is 354 g/mol. The second kappa shape index (κ2) is 10.1. The van der Waals surface area contributed by atoms with Crippen LogP contribution in [0.15, 0.2) is 48.5 Å². The number of hydrogen-bond donors (Lipinski definition) is 3. The van der Waals surface area contributed by atoms with Crippen molar-refractivity contribution in [2.45, 2.75) is 13.1 Å². The Bertz CT molecular complexity index is 759. The predicted octanol–water partition coefficient (Wildman–Crippen LogP) is -0.696. The number of quaternary nitrogens is 2. The van der Waals surface area contributed by atoms with E-state index in [-0.39, 0.29) is 5.91 Å². The first kappa shape index (κ1) is 20.2. The fourth-order valence-corrected chi connectivity index (χ4v) is 3.68. The Hall–Kier alpha value is -2.57. The van der Waals surface area contributed by atoms with Gasteiger partial charge in [0.2, 0.25) is 0 Å². The van der Waals surface area contributed by atoms with E-state index in [9.17, 15) is 4.79 Å². The Morgan fingerprint density at radius 1 is 0.893 bits per heavy atom. The van der Waals surface area contributed by atoms with Crippen LogP contribution in [0.4, 0.5) is 0 Å². The van der Waals surface area contributed by atoms with Crippen LogP contribution in [0.5, 0.6) is 11.5 Å². The summed E-state index contributed by atoms with van der Waals surface area (Å²) in [6.07, 6.45) is 0. The molecule has 0 saturated carbocycles. The molecule has 0 aromatic heterocycles. The fourth-order valence-electron chi connectivity index (χ4n) is 3.68. The lowest BCUT2D eigenvalue weighted by Gasteiger charge is -2.29. The van der Waals surface area contributed by atoms with Crippen molar-refractivity contribution in [1.82, 2.24) is 5.32 Å². The van der Waals surface area contributed by atoms with Gasteiger partial charge in [-0.2, -0.15) is 0 Å². The highest BCUT2D eigenvalue weighted by Gasteiger charge is 2.24. The van der Waals surface area contributed by atoms with Crippen molar-refractivity contribution in [1.29, 1.82) is 0 Å². The van der Waals surface area contributed by atoms with E-state index in [1.54, 1.807) is 19.1 Å². The van der Waals surface area contributed by atoms with Gasteiger partial charge in [0.05, 0.1) is 14.2 Å². The molecule has 1 amide bonds. The van der Waals surface area contributed by atoms with Crippen LogP contribution in [0, 0.1) is 0 Å². The summed E-state index contributed by atoms with van der Waals surface area (Å²) < 4.78 is 10.6. The van der Waals surface area contributed by atoms with Gasteiger partial charge >= 0.3 is 0 Å². The molecule has 3 rings (SSSR count). The van der Waals surface area contributed by atoms with Crippen molar-refractivity contribution < 1.29 is 24.1 Å². The summed E-state index contributed by atoms with van der Waals surface area (Å²) in [6.45, 7) is 6.38. The molecule has 150 valence electrons. The van der Waals surface area contributed by atoms with Crippen molar-refractivity contribution in [3.63, 3.8) is 0 Å². The molecule has 1 heterocycles. The number of carbonyl (C=O) groups is 1. The van der Waals surface area contributed by atoms with Crippen LogP contribution in [0.2, 0.25) is 0 Å². The minimum atomic E-state index is 0.0938. The Kier molecular flexibility index (Phi) is 7.28. The van der Waals surface area contributed by atoms with Crippen molar-refractivity contribution in [2.75, 3.05) is 46.9 Å². The van der Waals surface area contributed by atoms with E-state index in [0.29, 0.717) is 24.6 Å². The molecule has 0 aliphatic carbocycles. The van der Waals surface area contributed by atoms with Crippen LogP contribution in [-0.4, -0.2) is 52.9 Å². The maximum absolute atomic E-state index is 12.3. The number of carbonyl (C=O) groups excluding carboxylic acids is 1. The topological polar surface area (TPSA) is 56.4 Å². The molecule has 0 atom stereocenters. The van der Waals surface area contributed by atoms with E-state index in [2.05, 4.69) is 35.6 Å². The lowest BCUT2D eigenvalue weighted by atomic mass is 10.2. The van der Waals surface area contributed by atoms with Gasteiger partial charge in [0.25, 0.3) is 5.91 Å². The number of methoxy groups -OCH3 is 2. The quantitative estimate of drug-likeness (QED) is 0.564. The van der Waals surface area contributed by atoms with Crippen LogP contribution < -0.4 is 24.6 Å². The molecule has 28 heavy (non-hydrogen) atoms. The first-order valence-corrected chi connectivity index (χ1v) is 9.86. The summed E-state index contributed by atoms with van der Waals surface area (Å²) in [4.78, 5) is 15.3. The maximum Gasteiger partial charge on any atom is 0.275 e. The van der Waals surface area contributed by atoms with Crippen molar-refractivity contribution >= 4 is 5.91 Å². The van der Waals surface area contributed by atoms with Gasteiger partial charge in [0.1, 0.15) is 32.7 Å². The fraction of sp³-hybridized carbons (Fsp3) is 0.409. The van der Waals surface area contributed by atoms with Crippen LogP contribution in [0.1, 0.15) is 11.1 Å². The molecule has 3 N–H and O–H groups in total. The van der Waals surface area contributed by atoms with Crippen molar-refractivity contribution in [2.24, 2.45) is 0 Å². The SMILES string of the molecule is COc1ccc(CNC(=O)C[NH+]2CC[NH+](Cc3ccccc3)CC2)cc1OC. The molecule has 2 aromatic carbocycles. The highest BCUT2D eigenvalue weighted by atomic mass is 16.5. The predicted molar refractivity (Wildman–Crippen MR) is 108 cm³/mol. The number of amides is 1. The van der Waals surface area contributed by atoms with Gasteiger partial charge in [-0.3, -0.25) is 4.79 Å². The summed E-state index contributed by atoms with van der Waals surface area (Å²) in [5.74, 6) is 1.46. The molecule has 0 unspecified atom stereocenters. The summed E-state index contributed by atoms with van der Waals surface area (Å²) in [7, 11) is 3.23. The summed E-state index contributed by atoms with van der Waals surface area (Å²) >= 11 is 0. The molecule has 1 fully saturated rings. The first-order chi connectivity index (χ1) is 13.7. The third kappa shape index (κ3) is 5.71. The van der Waals surface area contributed by atoms with Crippen molar-refractivity contribution in [3.05, 3.63) is 59.7 Å². The van der Waals surface area contributed by atoms with Crippen LogP contribution in [0.25, 0.3) is 0 Å². The zero-order chi connectivity index (χ0) is 19.8. The van der Waals surface area contributed by atoms with Crippen LogP contribution in [0.3, 0.4) is 0 Å². The molecule has 6 nitrogen and oxygen atoms in total. The third-order valence-corrected chi connectivity index (χ3v) is 5.31. The smallest absolute Gasteiger partial charge is 0.275 e.